The number of nitrogens with zero attached hydrogens (tertiary/aromatic N) is 1. The van der Waals surface area contributed by atoms with Crippen molar-refractivity contribution >= 4 is 5.91 Å². The molecule has 2 N–H and O–H groups in total. The van der Waals surface area contributed by atoms with Gasteiger partial charge in [-0.1, -0.05) is 0 Å². The Morgan fingerprint density at radius 3 is 1.88 bits per heavy atom. The zero-order chi connectivity index (χ0) is 13.4. The fourth-order valence-corrected chi connectivity index (χ4v) is 2.42. The smallest absolute Gasteiger partial charge is 0.230 e. The molecule has 1 rings (SSSR count). The SMILES string of the molecule is CC1CCCC(C)N1C(=O)C(C)(C)C(C)(C)N. The summed E-state index contributed by atoms with van der Waals surface area (Å²) in [6.45, 7) is 12.1. The average molecular weight is 240 g/mol. The van der Waals surface area contributed by atoms with Crippen molar-refractivity contribution in [1.82, 2.24) is 4.90 Å². The van der Waals surface area contributed by atoms with Gasteiger partial charge in [-0.25, -0.2) is 0 Å². The quantitative estimate of drug-likeness (QED) is 0.806. The number of nitrogens with two attached hydrogens (primary N) is 1. The van der Waals surface area contributed by atoms with Gasteiger partial charge in [-0.05, 0) is 60.8 Å². The molecule has 0 aliphatic carbocycles. The first kappa shape index (κ1) is 14.5. The Kier molecular flexibility index (Phi) is 3.92. The Bertz CT molecular complexity index is 281. The van der Waals surface area contributed by atoms with Gasteiger partial charge >= 0.3 is 0 Å². The molecule has 2 unspecified atom stereocenters. The van der Waals surface area contributed by atoms with Crippen LogP contribution in [0.2, 0.25) is 0 Å². The van der Waals surface area contributed by atoms with Gasteiger partial charge in [-0.3, -0.25) is 4.79 Å². The summed E-state index contributed by atoms with van der Waals surface area (Å²) in [5.74, 6) is 0.199. The number of amides is 1. The van der Waals surface area contributed by atoms with Crippen molar-refractivity contribution in [2.75, 3.05) is 0 Å². The van der Waals surface area contributed by atoms with Gasteiger partial charge in [0.15, 0.2) is 0 Å². The predicted molar refractivity (Wildman–Crippen MR) is 71.7 cm³/mol. The third-order valence-corrected chi connectivity index (χ3v) is 4.57. The molecule has 3 nitrogen and oxygen atoms in total. The average Bonchev–Trinajstić information content (AvgIpc) is 2.15. The molecule has 1 amide bonds. The highest BCUT2D eigenvalue weighted by atomic mass is 16.2. The van der Waals surface area contributed by atoms with Crippen LogP contribution >= 0.6 is 0 Å². The molecule has 17 heavy (non-hydrogen) atoms. The summed E-state index contributed by atoms with van der Waals surface area (Å²) < 4.78 is 0. The lowest BCUT2D eigenvalue weighted by Crippen LogP contribution is -2.60. The maximum atomic E-state index is 12.7. The Labute approximate surface area is 106 Å². The number of piperidine rings is 1. The van der Waals surface area contributed by atoms with E-state index >= 15 is 0 Å². The highest BCUT2D eigenvalue weighted by Crippen LogP contribution is 2.34. The fourth-order valence-electron chi connectivity index (χ4n) is 2.42. The largest absolute Gasteiger partial charge is 0.337 e. The Morgan fingerprint density at radius 1 is 1.12 bits per heavy atom. The minimum atomic E-state index is -0.521. The normalized spacial score (nSPS) is 27.1. The summed E-state index contributed by atoms with van der Waals surface area (Å²) in [6.07, 6.45) is 3.44. The lowest BCUT2D eigenvalue weighted by atomic mass is 9.73. The highest BCUT2D eigenvalue weighted by Gasteiger charge is 2.45. The fraction of sp³-hybridized carbons (Fsp3) is 0.929. The summed E-state index contributed by atoms with van der Waals surface area (Å²) in [5, 5.41) is 0. The third-order valence-electron chi connectivity index (χ3n) is 4.57. The van der Waals surface area contributed by atoms with E-state index in [0.717, 1.165) is 12.8 Å². The van der Waals surface area contributed by atoms with E-state index < -0.39 is 11.0 Å². The van der Waals surface area contributed by atoms with Gasteiger partial charge in [0.1, 0.15) is 0 Å². The van der Waals surface area contributed by atoms with Gasteiger partial charge in [-0.15, -0.1) is 0 Å². The van der Waals surface area contributed by atoms with Crippen molar-refractivity contribution in [1.29, 1.82) is 0 Å². The number of rotatable bonds is 2. The second-order valence-corrected chi connectivity index (χ2v) is 6.69. The molecule has 0 spiro atoms. The van der Waals surface area contributed by atoms with Crippen molar-refractivity contribution < 1.29 is 4.79 Å². The Balaban J connectivity index is 2.95. The van der Waals surface area contributed by atoms with E-state index in [0.29, 0.717) is 12.1 Å². The van der Waals surface area contributed by atoms with E-state index in [1.807, 2.05) is 27.7 Å². The molecule has 1 aliphatic heterocycles. The van der Waals surface area contributed by atoms with Crippen LogP contribution in [0.4, 0.5) is 0 Å². The molecule has 1 heterocycles. The van der Waals surface area contributed by atoms with Crippen molar-refractivity contribution in [2.24, 2.45) is 11.1 Å². The van der Waals surface area contributed by atoms with Crippen LogP contribution < -0.4 is 5.73 Å². The molecule has 0 bridgehead atoms. The number of hydrogen-bond acceptors (Lipinski definition) is 2. The van der Waals surface area contributed by atoms with Gasteiger partial charge in [-0.2, -0.15) is 0 Å². The third kappa shape index (κ3) is 2.65. The Morgan fingerprint density at radius 2 is 1.53 bits per heavy atom. The second kappa shape index (κ2) is 4.60. The monoisotopic (exact) mass is 240 g/mol. The summed E-state index contributed by atoms with van der Waals surface area (Å²) >= 11 is 0. The molecular weight excluding hydrogens is 212 g/mol. The Hall–Kier alpha value is -0.570. The minimum absolute atomic E-state index is 0.199. The molecule has 1 saturated heterocycles. The van der Waals surface area contributed by atoms with E-state index in [1.54, 1.807) is 0 Å². The number of likely N-dealkylation sites (tertiary alicyclic amines) is 1. The molecule has 0 radical (unpaired) electrons. The molecule has 0 aromatic heterocycles. The lowest BCUT2D eigenvalue weighted by molar-refractivity contribution is -0.150. The maximum absolute atomic E-state index is 12.7. The van der Waals surface area contributed by atoms with Crippen molar-refractivity contribution in [3.8, 4) is 0 Å². The van der Waals surface area contributed by atoms with E-state index in [4.69, 9.17) is 5.73 Å². The van der Waals surface area contributed by atoms with Crippen LogP contribution in [-0.2, 0) is 4.79 Å². The summed E-state index contributed by atoms with van der Waals surface area (Å²) in [4.78, 5) is 14.8. The molecule has 3 heteroatoms. The number of hydrogen-bond donors (Lipinski definition) is 1. The molecule has 2 atom stereocenters. The van der Waals surface area contributed by atoms with Gasteiger partial charge in [0.2, 0.25) is 5.91 Å². The second-order valence-electron chi connectivity index (χ2n) is 6.69. The molecule has 1 fully saturated rings. The summed E-state index contributed by atoms with van der Waals surface area (Å²) in [6, 6.07) is 0.681. The van der Waals surface area contributed by atoms with Gasteiger partial charge in [0.25, 0.3) is 0 Å². The van der Waals surface area contributed by atoms with Crippen LogP contribution in [0, 0.1) is 5.41 Å². The molecular formula is C14H28N2O. The van der Waals surface area contributed by atoms with E-state index in [9.17, 15) is 4.79 Å². The molecule has 0 aromatic rings. The molecule has 100 valence electrons. The van der Waals surface area contributed by atoms with E-state index in [-0.39, 0.29) is 5.91 Å². The zero-order valence-electron chi connectivity index (χ0n) is 12.2. The summed E-state index contributed by atoms with van der Waals surface area (Å²) in [5.41, 5.74) is 5.14. The zero-order valence-corrected chi connectivity index (χ0v) is 12.2. The van der Waals surface area contributed by atoms with Crippen molar-refractivity contribution in [3.63, 3.8) is 0 Å². The number of carbonyl (C=O) groups excluding carboxylic acids is 1. The molecule has 1 aliphatic rings. The first-order valence-corrected chi connectivity index (χ1v) is 6.70. The van der Waals surface area contributed by atoms with Crippen LogP contribution in [0.1, 0.15) is 60.8 Å². The predicted octanol–water partition coefficient (Wildman–Crippen LogP) is 2.54. The molecule has 0 aromatic carbocycles. The van der Waals surface area contributed by atoms with E-state index in [1.165, 1.54) is 6.42 Å². The number of carbonyl (C=O) groups is 1. The van der Waals surface area contributed by atoms with Gasteiger partial charge in [0, 0.05) is 17.6 Å². The van der Waals surface area contributed by atoms with Crippen molar-refractivity contribution in [3.05, 3.63) is 0 Å². The van der Waals surface area contributed by atoms with Gasteiger partial charge < -0.3 is 10.6 Å². The lowest BCUT2D eigenvalue weighted by Gasteiger charge is -2.47. The van der Waals surface area contributed by atoms with Crippen LogP contribution in [0.25, 0.3) is 0 Å². The molecule has 0 saturated carbocycles. The maximum Gasteiger partial charge on any atom is 0.230 e. The minimum Gasteiger partial charge on any atom is -0.337 e. The van der Waals surface area contributed by atoms with Crippen molar-refractivity contribution in [2.45, 2.75) is 78.4 Å². The first-order chi connectivity index (χ1) is 7.59. The van der Waals surface area contributed by atoms with Crippen LogP contribution in [0.3, 0.4) is 0 Å². The van der Waals surface area contributed by atoms with E-state index in [2.05, 4.69) is 18.7 Å². The van der Waals surface area contributed by atoms with Gasteiger partial charge in [0.05, 0.1) is 5.41 Å². The topological polar surface area (TPSA) is 46.3 Å². The van der Waals surface area contributed by atoms with Crippen LogP contribution in [0.15, 0.2) is 0 Å². The first-order valence-electron chi connectivity index (χ1n) is 6.70. The summed E-state index contributed by atoms with van der Waals surface area (Å²) in [7, 11) is 0. The van der Waals surface area contributed by atoms with Crippen LogP contribution in [0.5, 0.6) is 0 Å². The highest BCUT2D eigenvalue weighted by molar-refractivity contribution is 5.84. The standard InChI is InChI=1S/C14H28N2O/c1-10-8-7-9-11(2)16(10)12(17)13(3,4)14(5,6)15/h10-11H,7-9,15H2,1-6H3. The van der Waals surface area contributed by atoms with Crippen LogP contribution in [-0.4, -0.2) is 28.4 Å².